The molecule has 2 heterocycles. The molecule has 0 spiro atoms. The number of rotatable bonds is 2. The van der Waals surface area contributed by atoms with Gasteiger partial charge in [-0.1, -0.05) is 31.6 Å². The Bertz CT molecular complexity index is 593. The highest BCUT2D eigenvalue weighted by Gasteiger charge is 2.51. The number of allylic oxidation sites excluding steroid dienone is 3. The molecule has 5 atom stereocenters. The van der Waals surface area contributed by atoms with Crippen LogP contribution in [0.25, 0.3) is 0 Å². The molecule has 0 aromatic carbocycles. The molecule has 2 aliphatic heterocycles. The summed E-state index contributed by atoms with van der Waals surface area (Å²) in [7, 11) is 0. The Morgan fingerprint density at radius 3 is 3.04 bits per heavy atom. The highest BCUT2D eigenvalue weighted by Crippen LogP contribution is 2.52. The molecule has 132 valence electrons. The van der Waals surface area contributed by atoms with E-state index in [2.05, 4.69) is 37.8 Å². The number of likely N-dealkylation sites (tertiary alicyclic amines) is 1. The molecular formula is C21H31NO2. The first kappa shape index (κ1) is 16.4. The Kier molecular flexibility index (Phi) is 4.11. The van der Waals surface area contributed by atoms with Gasteiger partial charge in [-0.3, -0.25) is 4.79 Å². The van der Waals surface area contributed by atoms with Gasteiger partial charge in [0, 0.05) is 19.0 Å². The molecule has 2 saturated heterocycles. The van der Waals surface area contributed by atoms with Crippen molar-refractivity contribution in [1.82, 2.24) is 4.90 Å². The Morgan fingerprint density at radius 1 is 1.42 bits per heavy atom. The number of hydrogen-bond donors (Lipinski definition) is 0. The van der Waals surface area contributed by atoms with Crippen LogP contribution in [0.3, 0.4) is 0 Å². The van der Waals surface area contributed by atoms with Crippen molar-refractivity contribution in [1.29, 1.82) is 0 Å². The van der Waals surface area contributed by atoms with Crippen LogP contribution < -0.4 is 0 Å². The third-order valence-electron chi connectivity index (χ3n) is 6.89. The van der Waals surface area contributed by atoms with Crippen molar-refractivity contribution in [3.05, 3.63) is 23.3 Å². The van der Waals surface area contributed by atoms with Gasteiger partial charge in [-0.25, -0.2) is 0 Å². The molecule has 0 N–H and O–H groups in total. The lowest BCUT2D eigenvalue weighted by Gasteiger charge is -2.43. The second-order valence-electron chi connectivity index (χ2n) is 8.94. The van der Waals surface area contributed by atoms with Crippen LogP contribution in [0.15, 0.2) is 23.3 Å². The van der Waals surface area contributed by atoms with Crippen molar-refractivity contribution in [2.75, 3.05) is 19.6 Å². The number of carbonyl (C=O) groups excluding carboxylic acids is 1. The van der Waals surface area contributed by atoms with Gasteiger partial charge in [0.2, 0.25) is 0 Å². The summed E-state index contributed by atoms with van der Waals surface area (Å²) in [6.45, 7) is 10.1. The zero-order valence-corrected chi connectivity index (χ0v) is 15.4. The first-order valence-corrected chi connectivity index (χ1v) is 9.78. The molecule has 0 saturated carbocycles. The smallest absolute Gasteiger partial charge is 0.311 e. The van der Waals surface area contributed by atoms with Crippen LogP contribution in [-0.4, -0.2) is 36.6 Å². The van der Waals surface area contributed by atoms with Crippen LogP contribution in [0.4, 0.5) is 0 Å². The Hall–Kier alpha value is -1.09. The van der Waals surface area contributed by atoms with E-state index in [0.29, 0.717) is 0 Å². The lowest BCUT2D eigenvalue weighted by molar-refractivity contribution is -0.145. The van der Waals surface area contributed by atoms with Crippen LogP contribution in [0, 0.1) is 23.2 Å². The summed E-state index contributed by atoms with van der Waals surface area (Å²) in [6, 6.07) is 0. The fraction of sp³-hybridized carbons (Fsp3) is 0.762. The maximum Gasteiger partial charge on any atom is 0.311 e. The second kappa shape index (κ2) is 6.01. The van der Waals surface area contributed by atoms with E-state index in [1.807, 2.05) is 0 Å². The van der Waals surface area contributed by atoms with Gasteiger partial charge >= 0.3 is 5.97 Å². The third kappa shape index (κ3) is 2.75. The lowest BCUT2D eigenvalue weighted by atomic mass is 9.62. The van der Waals surface area contributed by atoms with E-state index in [9.17, 15) is 4.79 Å². The van der Waals surface area contributed by atoms with E-state index in [1.54, 1.807) is 0 Å². The minimum atomic E-state index is 0.0343. The SMILES string of the molecule is CC1=CCCC2(C)CC3OC(=O)C(CN4CCCC(C)C4)C3C=C12. The number of nitrogens with zero attached hydrogens (tertiary/aromatic N) is 1. The minimum absolute atomic E-state index is 0.0343. The summed E-state index contributed by atoms with van der Waals surface area (Å²) in [4.78, 5) is 15.1. The number of piperidine rings is 1. The molecule has 0 bridgehead atoms. The molecule has 24 heavy (non-hydrogen) atoms. The highest BCUT2D eigenvalue weighted by molar-refractivity contribution is 5.76. The number of hydrogen-bond acceptors (Lipinski definition) is 3. The molecule has 3 nitrogen and oxygen atoms in total. The van der Waals surface area contributed by atoms with Crippen LogP contribution in [0.1, 0.15) is 52.9 Å². The van der Waals surface area contributed by atoms with Crippen molar-refractivity contribution in [2.24, 2.45) is 23.2 Å². The van der Waals surface area contributed by atoms with Crippen molar-refractivity contribution in [2.45, 2.75) is 59.0 Å². The summed E-state index contributed by atoms with van der Waals surface area (Å²) in [5.41, 5.74) is 3.12. The first-order valence-electron chi connectivity index (χ1n) is 9.78. The van der Waals surface area contributed by atoms with Gasteiger partial charge in [-0.2, -0.15) is 0 Å². The zero-order chi connectivity index (χ0) is 16.9. The van der Waals surface area contributed by atoms with Crippen molar-refractivity contribution in [3.63, 3.8) is 0 Å². The fourth-order valence-electron chi connectivity index (χ4n) is 5.57. The van der Waals surface area contributed by atoms with Gasteiger partial charge in [-0.15, -0.1) is 0 Å². The summed E-state index contributed by atoms with van der Waals surface area (Å²) in [5, 5.41) is 0. The predicted octanol–water partition coefficient (Wildman–Crippen LogP) is 3.95. The third-order valence-corrected chi connectivity index (χ3v) is 6.89. The van der Waals surface area contributed by atoms with Crippen molar-refractivity contribution in [3.8, 4) is 0 Å². The molecule has 0 radical (unpaired) electrons. The Labute approximate surface area is 146 Å². The van der Waals surface area contributed by atoms with E-state index < -0.39 is 0 Å². The van der Waals surface area contributed by atoms with E-state index in [1.165, 1.54) is 30.4 Å². The zero-order valence-electron chi connectivity index (χ0n) is 15.4. The number of ether oxygens (including phenoxy) is 1. The maximum absolute atomic E-state index is 12.6. The first-order chi connectivity index (χ1) is 11.5. The molecule has 3 heteroatoms. The lowest BCUT2D eigenvalue weighted by Crippen LogP contribution is -2.42. The van der Waals surface area contributed by atoms with Gasteiger partial charge < -0.3 is 9.64 Å². The Morgan fingerprint density at radius 2 is 2.25 bits per heavy atom. The molecule has 4 rings (SSSR count). The molecule has 2 aliphatic carbocycles. The van der Waals surface area contributed by atoms with Crippen LogP contribution in [-0.2, 0) is 9.53 Å². The van der Waals surface area contributed by atoms with E-state index in [0.717, 1.165) is 38.4 Å². The van der Waals surface area contributed by atoms with Gasteiger partial charge in [0.1, 0.15) is 6.10 Å². The molecular weight excluding hydrogens is 298 g/mol. The molecule has 0 amide bonds. The molecule has 2 fully saturated rings. The maximum atomic E-state index is 12.6. The van der Waals surface area contributed by atoms with Gasteiger partial charge in [0.05, 0.1) is 5.92 Å². The molecule has 0 aromatic rings. The number of carbonyl (C=O) groups is 1. The second-order valence-corrected chi connectivity index (χ2v) is 8.94. The molecule has 0 aromatic heterocycles. The summed E-state index contributed by atoms with van der Waals surface area (Å²) in [5.74, 6) is 1.11. The molecule has 4 aliphatic rings. The number of esters is 1. The summed E-state index contributed by atoms with van der Waals surface area (Å²) in [6.07, 6.45) is 10.8. The van der Waals surface area contributed by atoms with E-state index >= 15 is 0 Å². The van der Waals surface area contributed by atoms with Crippen molar-refractivity contribution >= 4 is 5.97 Å². The average molecular weight is 329 g/mol. The van der Waals surface area contributed by atoms with E-state index in [-0.39, 0.29) is 29.3 Å². The van der Waals surface area contributed by atoms with Crippen LogP contribution in [0.2, 0.25) is 0 Å². The van der Waals surface area contributed by atoms with Crippen LogP contribution in [0.5, 0.6) is 0 Å². The fourth-order valence-corrected chi connectivity index (χ4v) is 5.57. The topological polar surface area (TPSA) is 29.5 Å². The average Bonchev–Trinajstić information content (AvgIpc) is 2.80. The molecule has 5 unspecified atom stereocenters. The van der Waals surface area contributed by atoms with Gasteiger partial charge in [0.25, 0.3) is 0 Å². The summed E-state index contributed by atoms with van der Waals surface area (Å²) >= 11 is 0. The Balaban J connectivity index is 1.57. The number of fused-ring (bicyclic) bond motifs is 2. The van der Waals surface area contributed by atoms with Crippen molar-refractivity contribution < 1.29 is 9.53 Å². The largest absolute Gasteiger partial charge is 0.461 e. The monoisotopic (exact) mass is 329 g/mol. The van der Waals surface area contributed by atoms with Gasteiger partial charge in [-0.05, 0) is 62.5 Å². The summed E-state index contributed by atoms with van der Waals surface area (Å²) < 4.78 is 5.87. The minimum Gasteiger partial charge on any atom is -0.461 e. The quantitative estimate of drug-likeness (QED) is 0.718. The highest BCUT2D eigenvalue weighted by atomic mass is 16.6. The normalized spacial score (nSPS) is 42.7. The predicted molar refractivity (Wildman–Crippen MR) is 95.5 cm³/mol. The standard InChI is InChI=1S/C21H31NO2/c1-14-6-5-9-22(12-14)13-17-16-10-18-15(2)7-4-8-21(18,3)11-19(16)24-20(17)23/h7,10,14,16-17,19H,4-6,8-9,11-13H2,1-3H3. The van der Waals surface area contributed by atoms with E-state index in [4.69, 9.17) is 4.74 Å². The van der Waals surface area contributed by atoms with Gasteiger partial charge in [0.15, 0.2) is 0 Å². The van der Waals surface area contributed by atoms with Crippen LogP contribution >= 0.6 is 0 Å².